The van der Waals surface area contributed by atoms with Crippen LogP contribution < -0.4 is 10.2 Å². The summed E-state index contributed by atoms with van der Waals surface area (Å²) in [7, 11) is -1.82. The number of benzene rings is 1. The summed E-state index contributed by atoms with van der Waals surface area (Å²) >= 11 is 0. The van der Waals surface area contributed by atoms with Crippen molar-refractivity contribution in [1.82, 2.24) is 0 Å². The van der Waals surface area contributed by atoms with E-state index in [1.165, 1.54) is 24.8 Å². The molecule has 1 aromatic carbocycles. The number of aliphatic hydroxyl groups excluding tert-OH is 1. The molecule has 0 spiro atoms. The molecule has 4 heteroatoms. The van der Waals surface area contributed by atoms with Gasteiger partial charge in [-0.2, -0.15) is 0 Å². The van der Waals surface area contributed by atoms with Crippen LogP contribution in [-0.4, -0.2) is 26.1 Å². The fourth-order valence-electron chi connectivity index (χ4n) is 6.88. The summed E-state index contributed by atoms with van der Waals surface area (Å²) in [5, 5.41) is 11.4. The minimum absolute atomic E-state index is 0.101. The van der Waals surface area contributed by atoms with Crippen LogP contribution in [0, 0.1) is 23.2 Å². The SMILES string of the molecule is CC(C)(C)[Si](C)(C)Oc1ccc2c(c1)CC[C@@H]1[C@@H]2CC[C@]2(C)[C@@H](O)[C@H](CCCN)C[C@@H]12. The summed E-state index contributed by atoms with van der Waals surface area (Å²) in [6.45, 7) is 14.7. The molecule has 0 bridgehead atoms. The van der Waals surface area contributed by atoms with E-state index in [9.17, 15) is 5.11 Å². The van der Waals surface area contributed by atoms with Gasteiger partial charge in [0.2, 0.25) is 8.32 Å². The number of aliphatic hydroxyl groups is 1. The largest absolute Gasteiger partial charge is 0.543 e. The highest BCUT2D eigenvalue weighted by molar-refractivity contribution is 6.74. The van der Waals surface area contributed by atoms with E-state index in [0.717, 1.165) is 43.9 Å². The van der Waals surface area contributed by atoms with Gasteiger partial charge in [0.15, 0.2) is 0 Å². The third kappa shape index (κ3) is 4.02. The molecular weight excluding hydrogens is 398 g/mol. The van der Waals surface area contributed by atoms with E-state index in [2.05, 4.69) is 59.0 Å². The highest BCUT2D eigenvalue weighted by atomic mass is 28.4. The molecule has 2 fully saturated rings. The van der Waals surface area contributed by atoms with Gasteiger partial charge < -0.3 is 15.3 Å². The molecule has 0 heterocycles. The molecular formula is C27H45NO2Si. The lowest BCUT2D eigenvalue weighted by Gasteiger charge is -2.50. The van der Waals surface area contributed by atoms with Gasteiger partial charge in [0.1, 0.15) is 5.75 Å². The highest BCUT2D eigenvalue weighted by Crippen LogP contribution is 2.62. The Morgan fingerprint density at radius 1 is 1.23 bits per heavy atom. The van der Waals surface area contributed by atoms with Gasteiger partial charge in [-0.05, 0) is 122 Å². The molecule has 2 saturated carbocycles. The van der Waals surface area contributed by atoms with Crippen LogP contribution in [0.3, 0.4) is 0 Å². The monoisotopic (exact) mass is 443 g/mol. The Morgan fingerprint density at radius 2 is 1.97 bits per heavy atom. The molecule has 0 radical (unpaired) electrons. The summed E-state index contributed by atoms with van der Waals surface area (Å²) in [5.74, 6) is 3.54. The van der Waals surface area contributed by atoms with Crippen molar-refractivity contribution in [3.05, 3.63) is 29.3 Å². The number of hydrogen-bond donors (Lipinski definition) is 2. The molecule has 3 aliphatic carbocycles. The maximum absolute atomic E-state index is 11.2. The third-order valence-corrected chi connectivity index (χ3v) is 14.1. The van der Waals surface area contributed by atoms with E-state index >= 15 is 0 Å². The van der Waals surface area contributed by atoms with Crippen LogP contribution in [-0.2, 0) is 6.42 Å². The zero-order chi connectivity index (χ0) is 22.6. The first-order valence-electron chi connectivity index (χ1n) is 12.7. The number of hydrogen-bond acceptors (Lipinski definition) is 3. The molecule has 0 amide bonds. The highest BCUT2D eigenvalue weighted by Gasteiger charge is 2.57. The standard InChI is InChI=1S/C27H45NO2Si/c1-26(2,3)31(5,6)30-20-10-12-21-18(16-20)9-11-23-22(21)13-14-27(4)24(23)17-19(25(27)29)8-7-15-28/h10,12,16,19,22-25,29H,7-9,11,13-15,17,28H2,1-6H3/t19-,22-,23-,24+,25+,27+/m1/s1. The normalized spacial score (nSPS) is 35.3. The second kappa shape index (κ2) is 8.18. The lowest BCUT2D eigenvalue weighted by Crippen LogP contribution is -2.44. The van der Waals surface area contributed by atoms with Crippen molar-refractivity contribution in [2.24, 2.45) is 28.9 Å². The van der Waals surface area contributed by atoms with Gasteiger partial charge >= 0.3 is 0 Å². The Labute approximate surface area is 191 Å². The summed E-state index contributed by atoms with van der Waals surface area (Å²) < 4.78 is 6.62. The van der Waals surface area contributed by atoms with Gasteiger partial charge in [0.05, 0.1) is 6.10 Å². The summed E-state index contributed by atoms with van der Waals surface area (Å²) in [4.78, 5) is 0. The van der Waals surface area contributed by atoms with Crippen LogP contribution in [0.15, 0.2) is 18.2 Å². The quantitative estimate of drug-likeness (QED) is 0.529. The second-order valence-corrected chi connectivity index (χ2v) is 17.3. The molecule has 0 aliphatic heterocycles. The van der Waals surface area contributed by atoms with E-state index in [4.69, 9.17) is 10.2 Å². The van der Waals surface area contributed by atoms with Gasteiger partial charge in [-0.25, -0.2) is 0 Å². The number of rotatable bonds is 5. The fraction of sp³-hybridized carbons (Fsp3) is 0.778. The Kier molecular flexibility index (Phi) is 6.15. The Balaban J connectivity index is 1.54. The predicted octanol–water partition coefficient (Wildman–Crippen LogP) is 6.25. The van der Waals surface area contributed by atoms with Crippen molar-refractivity contribution in [2.75, 3.05) is 6.54 Å². The van der Waals surface area contributed by atoms with Crippen molar-refractivity contribution in [3.8, 4) is 5.75 Å². The smallest absolute Gasteiger partial charge is 0.250 e. The Hall–Kier alpha value is -0.843. The number of nitrogens with two attached hydrogens (primary N) is 1. The van der Waals surface area contributed by atoms with Crippen LogP contribution in [0.4, 0.5) is 0 Å². The van der Waals surface area contributed by atoms with E-state index < -0.39 is 8.32 Å². The van der Waals surface area contributed by atoms with Crippen molar-refractivity contribution in [1.29, 1.82) is 0 Å². The van der Waals surface area contributed by atoms with Crippen LogP contribution >= 0.6 is 0 Å². The lowest BCUT2D eigenvalue weighted by atomic mass is 9.55. The van der Waals surface area contributed by atoms with E-state index in [0.29, 0.717) is 17.8 Å². The molecule has 1 aromatic rings. The molecule has 0 unspecified atom stereocenters. The molecule has 3 aliphatic rings. The van der Waals surface area contributed by atoms with Gasteiger partial charge in [-0.15, -0.1) is 0 Å². The van der Waals surface area contributed by atoms with Crippen LogP contribution in [0.5, 0.6) is 5.75 Å². The zero-order valence-corrected chi connectivity index (χ0v) is 21.7. The average molecular weight is 444 g/mol. The molecule has 0 aromatic heterocycles. The number of fused-ring (bicyclic) bond motifs is 5. The molecule has 3 nitrogen and oxygen atoms in total. The van der Waals surface area contributed by atoms with Gasteiger partial charge in [0, 0.05) is 0 Å². The first-order valence-corrected chi connectivity index (χ1v) is 15.6. The Bertz CT molecular complexity index is 801. The molecule has 3 N–H and O–H groups in total. The average Bonchev–Trinajstić information content (AvgIpc) is 2.95. The zero-order valence-electron chi connectivity index (χ0n) is 20.7. The third-order valence-electron chi connectivity index (χ3n) is 9.77. The minimum Gasteiger partial charge on any atom is -0.543 e. The molecule has 0 saturated heterocycles. The summed E-state index contributed by atoms with van der Waals surface area (Å²) in [6, 6.07) is 6.98. The topological polar surface area (TPSA) is 55.5 Å². The van der Waals surface area contributed by atoms with Gasteiger partial charge in [-0.1, -0.05) is 33.8 Å². The van der Waals surface area contributed by atoms with Gasteiger partial charge in [0.25, 0.3) is 0 Å². The first-order chi connectivity index (χ1) is 14.5. The van der Waals surface area contributed by atoms with Crippen molar-refractivity contribution in [3.63, 3.8) is 0 Å². The summed E-state index contributed by atoms with van der Waals surface area (Å²) in [5.41, 5.74) is 8.96. The Morgan fingerprint density at radius 3 is 2.65 bits per heavy atom. The number of aryl methyl sites for hydroxylation is 1. The van der Waals surface area contributed by atoms with Crippen LogP contribution in [0.1, 0.15) is 83.3 Å². The lowest BCUT2D eigenvalue weighted by molar-refractivity contribution is -0.0334. The molecule has 174 valence electrons. The molecule has 4 rings (SSSR count). The molecule has 6 atom stereocenters. The molecule has 31 heavy (non-hydrogen) atoms. The second-order valence-electron chi connectivity index (χ2n) is 12.6. The van der Waals surface area contributed by atoms with Crippen LogP contribution in [0.25, 0.3) is 0 Å². The first kappa shape index (κ1) is 23.3. The van der Waals surface area contributed by atoms with Gasteiger partial charge in [-0.3, -0.25) is 0 Å². The van der Waals surface area contributed by atoms with E-state index in [1.54, 1.807) is 5.56 Å². The van der Waals surface area contributed by atoms with Crippen molar-refractivity contribution >= 4 is 8.32 Å². The van der Waals surface area contributed by atoms with E-state index in [1.807, 2.05) is 0 Å². The van der Waals surface area contributed by atoms with Crippen molar-refractivity contribution in [2.45, 2.75) is 103 Å². The fourth-order valence-corrected chi connectivity index (χ4v) is 7.90. The minimum atomic E-state index is -1.82. The maximum atomic E-state index is 11.2. The van der Waals surface area contributed by atoms with Crippen molar-refractivity contribution < 1.29 is 9.53 Å². The van der Waals surface area contributed by atoms with E-state index in [-0.39, 0.29) is 16.6 Å². The summed E-state index contributed by atoms with van der Waals surface area (Å²) in [6.07, 6.45) is 7.96. The van der Waals surface area contributed by atoms with Crippen LogP contribution in [0.2, 0.25) is 18.1 Å². The predicted molar refractivity (Wildman–Crippen MR) is 132 cm³/mol. The maximum Gasteiger partial charge on any atom is 0.250 e.